The smallest absolute Gasteiger partial charge is 0.330 e. The van der Waals surface area contributed by atoms with Crippen molar-refractivity contribution in [1.29, 1.82) is 0 Å². The molecule has 1 aliphatic heterocycles. The summed E-state index contributed by atoms with van der Waals surface area (Å²) in [6.07, 6.45) is 7.91. The zero-order valence-corrected chi connectivity index (χ0v) is 23.2. The lowest BCUT2D eigenvalue weighted by Gasteiger charge is -2.56. The summed E-state index contributed by atoms with van der Waals surface area (Å²) in [5, 5.41) is 24.0. The molecule has 0 aliphatic carbocycles. The monoisotopic (exact) mass is 563 g/mol. The van der Waals surface area contributed by atoms with E-state index >= 15 is 4.39 Å². The van der Waals surface area contributed by atoms with E-state index in [1.807, 2.05) is 35.0 Å². The maximum Gasteiger partial charge on any atom is 0.330 e. The number of imidazole rings is 1. The average Bonchev–Trinajstić information content (AvgIpc) is 3.44. The average molecular weight is 564 g/mol. The first-order valence-corrected chi connectivity index (χ1v) is 13.4. The van der Waals surface area contributed by atoms with Crippen molar-refractivity contribution >= 4 is 24.0 Å². The number of nitrogens with one attached hydrogen (secondary N) is 1. The minimum Gasteiger partial charge on any atom is -0.481 e. The number of hydrogen-bond donors (Lipinski definition) is 3. The van der Waals surface area contributed by atoms with Crippen LogP contribution in [0.4, 0.5) is 4.39 Å². The number of esters is 1. The Morgan fingerprint density at radius 3 is 2.39 bits per heavy atom. The molecule has 1 aromatic heterocycles. The second-order valence-electron chi connectivity index (χ2n) is 10.7. The fraction of sp³-hybridized carbons (Fsp3) is 0.355. The molecule has 1 saturated heterocycles. The summed E-state index contributed by atoms with van der Waals surface area (Å²) in [6, 6.07) is 11.8. The van der Waals surface area contributed by atoms with E-state index in [9.17, 15) is 24.6 Å². The molecule has 4 rings (SSSR count). The molecule has 0 saturated carbocycles. The van der Waals surface area contributed by atoms with Gasteiger partial charge in [0, 0.05) is 43.0 Å². The van der Waals surface area contributed by atoms with Crippen molar-refractivity contribution in [3.05, 3.63) is 95.8 Å². The van der Waals surface area contributed by atoms with Crippen LogP contribution in [0.15, 0.2) is 73.3 Å². The van der Waals surface area contributed by atoms with Crippen LogP contribution >= 0.6 is 0 Å². The fourth-order valence-electron chi connectivity index (χ4n) is 5.98. The van der Waals surface area contributed by atoms with E-state index < -0.39 is 52.6 Å². The molecule has 10 heteroatoms. The molecule has 41 heavy (non-hydrogen) atoms. The van der Waals surface area contributed by atoms with E-state index in [0.717, 1.165) is 11.1 Å². The number of carbonyl (C=O) groups is 3. The predicted octanol–water partition coefficient (Wildman–Crippen LogP) is 4.34. The summed E-state index contributed by atoms with van der Waals surface area (Å²) in [4.78, 5) is 42.2. The highest BCUT2D eigenvalue weighted by Crippen LogP contribution is 2.57. The Hall–Kier alpha value is -4.31. The predicted molar refractivity (Wildman–Crippen MR) is 149 cm³/mol. The van der Waals surface area contributed by atoms with Gasteiger partial charge in [-0.1, -0.05) is 42.5 Å². The second kappa shape index (κ2) is 12.1. The number of rotatable bonds is 10. The molecule has 0 amide bonds. The van der Waals surface area contributed by atoms with Crippen LogP contribution < -0.4 is 5.32 Å². The number of carboxylic acid groups (broad SMARTS) is 2. The van der Waals surface area contributed by atoms with Crippen LogP contribution in [0, 0.1) is 16.6 Å². The van der Waals surface area contributed by atoms with Crippen LogP contribution in [0.2, 0.25) is 0 Å². The quantitative estimate of drug-likeness (QED) is 0.245. The molecular formula is C31H34FN3O6. The Labute approximate surface area is 237 Å². The van der Waals surface area contributed by atoms with Crippen molar-refractivity contribution < 1.29 is 33.7 Å². The molecule has 2 heterocycles. The number of benzene rings is 2. The molecule has 3 aromatic rings. The number of nitrogens with zero attached hydrogens (tertiary/aromatic N) is 2. The highest BCUT2D eigenvalue weighted by atomic mass is 19.1. The van der Waals surface area contributed by atoms with Gasteiger partial charge in [-0.15, -0.1) is 0 Å². The van der Waals surface area contributed by atoms with Crippen molar-refractivity contribution in [1.82, 2.24) is 14.9 Å². The summed E-state index contributed by atoms with van der Waals surface area (Å²) >= 11 is 0. The Balaban J connectivity index is 1.52. The Morgan fingerprint density at radius 1 is 1.07 bits per heavy atom. The zero-order chi connectivity index (χ0) is 29.8. The molecule has 1 fully saturated rings. The van der Waals surface area contributed by atoms with Crippen LogP contribution in [0.25, 0.3) is 6.08 Å². The second-order valence-corrected chi connectivity index (χ2v) is 10.7. The highest BCUT2D eigenvalue weighted by Gasteiger charge is 2.65. The molecule has 216 valence electrons. The number of aliphatic carboxylic acids is 2. The highest BCUT2D eigenvalue weighted by molar-refractivity contribution is 5.87. The van der Waals surface area contributed by atoms with Gasteiger partial charge in [0.2, 0.25) is 0 Å². The van der Waals surface area contributed by atoms with Crippen LogP contribution in [0.3, 0.4) is 0 Å². The lowest BCUT2D eigenvalue weighted by molar-refractivity contribution is -0.173. The summed E-state index contributed by atoms with van der Waals surface area (Å²) in [6.45, 7) is 5.08. The molecule has 0 spiro atoms. The van der Waals surface area contributed by atoms with Gasteiger partial charge in [-0.25, -0.2) is 14.2 Å². The molecule has 0 bridgehead atoms. The summed E-state index contributed by atoms with van der Waals surface area (Å²) in [5.41, 5.74) is -1.64. The third-order valence-electron chi connectivity index (χ3n) is 8.44. The van der Waals surface area contributed by atoms with Gasteiger partial charge in [-0.05, 0) is 56.0 Å². The van der Waals surface area contributed by atoms with Crippen LogP contribution in [0.1, 0.15) is 49.8 Å². The molecular weight excluding hydrogens is 529 g/mol. The number of carbonyl (C=O) groups excluding carboxylic acids is 1. The van der Waals surface area contributed by atoms with Gasteiger partial charge in [-0.3, -0.25) is 9.59 Å². The standard InChI is InChI=1S/C31H34FN3O6/c1-20-30(3,28(37)38)27(24-6-4-5-7-25(24)32)31(29(39)40,21(2)34-20)14-17-41-26(36)13-12-22-8-10-23(11-9-22)18-35-16-15-33-19-35/h4-13,15-16,19-21,27,34H,14,17-18H2,1-3H3,(H,37,38)(H,39,40). The van der Waals surface area contributed by atoms with E-state index in [2.05, 4.69) is 10.3 Å². The molecule has 2 aromatic carbocycles. The molecule has 0 radical (unpaired) electrons. The molecule has 5 unspecified atom stereocenters. The third kappa shape index (κ3) is 5.78. The van der Waals surface area contributed by atoms with Crippen molar-refractivity contribution in [3.63, 3.8) is 0 Å². The lowest BCUT2D eigenvalue weighted by Crippen LogP contribution is -2.69. The zero-order valence-electron chi connectivity index (χ0n) is 23.2. The summed E-state index contributed by atoms with van der Waals surface area (Å²) < 4.78 is 22.5. The lowest BCUT2D eigenvalue weighted by atomic mass is 9.51. The fourth-order valence-corrected chi connectivity index (χ4v) is 5.98. The minimum atomic E-state index is -1.79. The number of hydrogen-bond acceptors (Lipinski definition) is 6. The third-order valence-corrected chi connectivity index (χ3v) is 8.44. The van der Waals surface area contributed by atoms with Gasteiger partial charge in [-0.2, -0.15) is 0 Å². The molecule has 1 aliphatic rings. The maximum absolute atomic E-state index is 15.2. The molecule has 9 nitrogen and oxygen atoms in total. The Kier molecular flexibility index (Phi) is 8.72. The number of halogens is 1. The Morgan fingerprint density at radius 2 is 1.78 bits per heavy atom. The minimum absolute atomic E-state index is 0.00251. The van der Waals surface area contributed by atoms with Crippen LogP contribution in [0.5, 0.6) is 0 Å². The first-order chi connectivity index (χ1) is 19.5. The van der Waals surface area contributed by atoms with Crippen LogP contribution in [-0.4, -0.2) is 56.4 Å². The first-order valence-electron chi connectivity index (χ1n) is 13.4. The number of carboxylic acids is 2. The van der Waals surface area contributed by atoms with Crippen molar-refractivity contribution in [2.75, 3.05) is 6.61 Å². The van der Waals surface area contributed by atoms with Crippen molar-refractivity contribution in [2.45, 2.75) is 51.7 Å². The van der Waals surface area contributed by atoms with E-state index in [0.29, 0.717) is 6.54 Å². The largest absolute Gasteiger partial charge is 0.481 e. The molecule has 5 atom stereocenters. The topological polar surface area (TPSA) is 131 Å². The summed E-state index contributed by atoms with van der Waals surface area (Å²) in [5.74, 6) is -5.17. The summed E-state index contributed by atoms with van der Waals surface area (Å²) in [7, 11) is 0. The normalized spacial score (nSPS) is 26.1. The van der Waals surface area contributed by atoms with Gasteiger partial charge < -0.3 is 24.8 Å². The van der Waals surface area contributed by atoms with E-state index in [1.165, 1.54) is 31.2 Å². The van der Waals surface area contributed by atoms with E-state index in [-0.39, 0.29) is 18.6 Å². The van der Waals surface area contributed by atoms with E-state index in [4.69, 9.17) is 4.74 Å². The molecule has 3 N–H and O–H groups in total. The van der Waals surface area contributed by atoms with Gasteiger partial charge in [0.1, 0.15) is 5.82 Å². The van der Waals surface area contributed by atoms with Crippen LogP contribution in [-0.2, 0) is 25.7 Å². The van der Waals surface area contributed by atoms with Crippen molar-refractivity contribution in [3.8, 4) is 0 Å². The number of ether oxygens (including phenoxy) is 1. The van der Waals surface area contributed by atoms with E-state index in [1.54, 1.807) is 38.5 Å². The first kappa shape index (κ1) is 29.7. The van der Waals surface area contributed by atoms with Gasteiger partial charge in [0.15, 0.2) is 0 Å². The SMILES string of the molecule is CC1NC(C)C(CCOC(=O)C=Cc2ccc(Cn3ccnc3)cc2)(C(=O)O)C(c2ccccc2F)C1(C)C(=O)O. The van der Waals surface area contributed by atoms with Crippen molar-refractivity contribution in [2.24, 2.45) is 10.8 Å². The Bertz CT molecular complexity index is 1420. The number of aromatic nitrogens is 2. The van der Waals surface area contributed by atoms with Gasteiger partial charge in [0.05, 0.1) is 23.8 Å². The maximum atomic E-state index is 15.2. The number of piperidine rings is 1. The van der Waals surface area contributed by atoms with Gasteiger partial charge in [0.25, 0.3) is 0 Å². The van der Waals surface area contributed by atoms with Gasteiger partial charge >= 0.3 is 17.9 Å².